The Labute approximate surface area is 328 Å². The molecule has 0 aliphatic carbocycles. The second-order valence-corrected chi connectivity index (χ2v) is 16.0. The maximum atomic E-state index is 13.9. The number of hydrogen-bond acceptors (Lipinski definition) is 8. The van der Waals surface area contributed by atoms with Crippen LogP contribution in [0.3, 0.4) is 0 Å². The van der Waals surface area contributed by atoms with Gasteiger partial charge in [-0.05, 0) is 59.8 Å². The summed E-state index contributed by atoms with van der Waals surface area (Å²) >= 11 is 0. The van der Waals surface area contributed by atoms with Crippen LogP contribution >= 0.6 is 0 Å². The number of hydrogen-bond donors (Lipinski definition) is 4. The number of imidazole rings is 2. The zero-order valence-electron chi connectivity index (χ0n) is 33.2. The van der Waals surface area contributed by atoms with Crippen molar-refractivity contribution in [3.05, 3.63) is 72.6 Å². The van der Waals surface area contributed by atoms with Crippen molar-refractivity contribution in [2.45, 2.75) is 77.5 Å². The summed E-state index contributed by atoms with van der Waals surface area (Å²) in [6.45, 7) is 10.7. The summed E-state index contributed by atoms with van der Waals surface area (Å²) < 4.78 is 0. The van der Waals surface area contributed by atoms with Crippen LogP contribution in [0.1, 0.15) is 77.1 Å². The van der Waals surface area contributed by atoms with Crippen molar-refractivity contribution in [3.8, 4) is 33.6 Å². The molecule has 0 saturated carbocycles. The van der Waals surface area contributed by atoms with Gasteiger partial charge in [0.25, 0.3) is 0 Å². The number of carbonyl (C=O) groups excluding carboxylic acids is 2. The number of amides is 3. The molecule has 56 heavy (non-hydrogen) atoms. The normalized spacial score (nSPS) is 19.5. The quantitative estimate of drug-likeness (QED) is 0.144. The lowest BCUT2D eigenvalue weighted by Gasteiger charge is -2.33. The largest absolute Gasteiger partial charge is 0.465 e. The van der Waals surface area contributed by atoms with E-state index >= 15 is 0 Å². The fourth-order valence-electron chi connectivity index (χ4n) is 8.33. The Kier molecular flexibility index (Phi) is 11.2. The molecule has 4 aromatic rings. The standard InChI is InChI=1S/C42H54N10O4/c1-25(2)35(48-41-43-19-22-49(41)5)39(53)51-20-7-9-33(51)37-44-23-31(46-37)29-15-11-27(12-16-29)28-13-17-30(18-14-28)32-24-45-38(47-32)34-10-8-21-52(34)40(54)36(26(3)4)50(6)42(55)56/h11-18,23-26,33-36H,7-10,19-22H2,1-6H3,(H,43,48)(H,44,46)(H,45,47)(H,55,56)/t33-,34-,35+,36-/m0/s1. The Bertz CT molecular complexity index is 2050. The summed E-state index contributed by atoms with van der Waals surface area (Å²) in [7, 11) is 3.45. The molecule has 5 heterocycles. The second-order valence-electron chi connectivity index (χ2n) is 16.0. The first-order valence-corrected chi connectivity index (χ1v) is 19.8. The van der Waals surface area contributed by atoms with Gasteiger partial charge in [0.2, 0.25) is 11.8 Å². The molecule has 2 aromatic heterocycles. The van der Waals surface area contributed by atoms with Gasteiger partial charge in [0.05, 0.1) is 42.4 Å². The van der Waals surface area contributed by atoms with Crippen molar-refractivity contribution in [3.63, 3.8) is 0 Å². The summed E-state index contributed by atoms with van der Waals surface area (Å²) in [5, 5.41) is 13.0. The average molecular weight is 763 g/mol. The van der Waals surface area contributed by atoms with Crippen LogP contribution in [0, 0.1) is 11.8 Å². The highest BCUT2D eigenvalue weighted by Gasteiger charge is 2.40. The Balaban J connectivity index is 1.00. The molecule has 4 N–H and O–H groups in total. The summed E-state index contributed by atoms with van der Waals surface area (Å²) in [4.78, 5) is 67.1. The predicted octanol–water partition coefficient (Wildman–Crippen LogP) is 6.01. The third-order valence-electron chi connectivity index (χ3n) is 11.5. The molecule has 0 bridgehead atoms. The van der Waals surface area contributed by atoms with E-state index in [0.29, 0.717) is 18.9 Å². The van der Waals surface area contributed by atoms with E-state index in [1.54, 1.807) is 11.1 Å². The zero-order valence-corrected chi connectivity index (χ0v) is 33.2. The monoisotopic (exact) mass is 762 g/mol. The minimum atomic E-state index is -1.12. The van der Waals surface area contributed by atoms with Crippen molar-refractivity contribution < 1.29 is 19.5 Å². The van der Waals surface area contributed by atoms with E-state index in [0.717, 1.165) is 89.1 Å². The number of aromatic nitrogens is 4. The first-order chi connectivity index (χ1) is 26.9. The third-order valence-corrected chi connectivity index (χ3v) is 11.5. The third kappa shape index (κ3) is 7.74. The molecule has 2 saturated heterocycles. The molecular weight excluding hydrogens is 709 g/mol. The Morgan fingerprint density at radius 1 is 0.750 bits per heavy atom. The number of likely N-dealkylation sites (N-methyl/N-ethyl adjacent to an activating group) is 2. The fourth-order valence-corrected chi connectivity index (χ4v) is 8.33. The van der Waals surface area contributed by atoms with E-state index in [1.807, 2.05) is 32.0 Å². The molecule has 0 unspecified atom stereocenters. The number of benzene rings is 2. The molecule has 296 valence electrons. The van der Waals surface area contributed by atoms with Gasteiger partial charge in [0.15, 0.2) is 5.96 Å². The average Bonchev–Trinajstić information content (AvgIpc) is 4.04. The highest BCUT2D eigenvalue weighted by Crippen LogP contribution is 2.35. The Morgan fingerprint density at radius 2 is 1.23 bits per heavy atom. The molecule has 7 rings (SSSR count). The fraction of sp³-hybridized carbons (Fsp3) is 0.476. The SMILES string of the molecule is CC(C)[C@@H](C(=O)N1CCC[C@H]1c1ncc(-c2ccc(-c3ccc(-c4cnc([C@@H]5CCCN5C(=O)[C@H](NC5=NCCN5C)C(C)C)[nH]4)cc3)cc2)[nH]1)N(C)C(=O)O. The van der Waals surface area contributed by atoms with E-state index < -0.39 is 12.1 Å². The molecule has 0 spiro atoms. The molecular formula is C42H54N10O4. The van der Waals surface area contributed by atoms with Gasteiger partial charge in [-0.1, -0.05) is 76.2 Å². The molecule has 3 amide bonds. The molecule has 2 fully saturated rings. The topological polar surface area (TPSA) is 166 Å². The molecule has 0 radical (unpaired) electrons. The Hall–Kier alpha value is -5.66. The van der Waals surface area contributed by atoms with E-state index in [2.05, 4.69) is 92.5 Å². The van der Waals surface area contributed by atoms with Crippen LogP contribution in [-0.2, 0) is 9.59 Å². The van der Waals surface area contributed by atoms with Crippen molar-refractivity contribution in [2.24, 2.45) is 16.8 Å². The second kappa shape index (κ2) is 16.2. The number of aromatic amines is 2. The van der Waals surface area contributed by atoms with Crippen molar-refractivity contribution in [1.29, 1.82) is 0 Å². The Morgan fingerprint density at radius 3 is 1.66 bits per heavy atom. The maximum absolute atomic E-state index is 13.9. The van der Waals surface area contributed by atoms with Crippen LogP contribution in [0.4, 0.5) is 4.79 Å². The molecule has 3 aliphatic heterocycles. The van der Waals surface area contributed by atoms with E-state index in [9.17, 15) is 19.5 Å². The lowest BCUT2D eigenvalue weighted by Crippen LogP contribution is -2.53. The number of rotatable bonds is 11. The molecule has 2 aromatic carbocycles. The van der Waals surface area contributed by atoms with Crippen LogP contribution in [0.2, 0.25) is 0 Å². The number of nitrogens with one attached hydrogen (secondary N) is 3. The summed E-state index contributed by atoms with van der Waals surface area (Å²) in [6, 6.07) is 15.2. The van der Waals surface area contributed by atoms with Crippen molar-refractivity contribution >= 4 is 23.9 Å². The first-order valence-electron chi connectivity index (χ1n) is 19.8. The number of nitrogens with zero attached hydrogens (tertiary/aromatic N) is 7. The minimum Gasteiger partial charge on any atom is -0.465 e. The number of carboxylic acid groups (broad SMARTS) is 1. The number of H-pyrrole nitrogens is 2. The van der Waals surface area contributed by atoms with Gasteiger partial charge in [0, 0.05) is 33.7 Å². The first kappa shape index (κ1) is 38.6. The molecule has 4 atom stereocenters. The van der Waals surface area contributed by atoms with Crippen molar-refractivity contribution in [1.82, 2.24) is 44.9 Å². The zero-order chi connectivity index (χ0) is 39.7. The van der Waals surface area contributed by atoms with Gasteiger partial charge in [-0.15, -0.1) is 0 Å². The van der Waals surface area contributed by atoms with Gasteiger partial charge in [-0.3, -0.25) is 19.5 Å². The number of guanidine groups is 1. The lowest BCUT2D eigenvalue weighted by molar-refractivity contribution is -0.138. The number of aliphatic imine (C=N–C) groups is 1. The van der Waals surface area contributed by atoms with Crippen LogP contribution in [0.5, 0.6) is 0 Å². The van der Waals surface area contributed by atoms with Crippen LogP contribution in [0.15, 0.2) is 65.9 Å². The molecule has 14 nitrogen and oxygen atoms in total. The van der Waals surface area contributed by atoms with Crippen LogP contribution < -0.4 is 5.32 Å². The van der Waals surface area contributed by atoms with Gasteiger partial charge in [-0.2, -0.15) is 0 Å². The minimum absolute atomic E-state index is 0.0849. The van der Waals surface area contributed by atoms with Gasteiger partial charge in [-0.25, -0.2) is 14.8 Å². The summed E-state index contributed by atoms with van der Waals surface area (Å²) in [5.41, 5.74) is 5.91. The van der Waals surface area contributed by atoms with Gasteiger partial charge in [0.1, 0.15) is 23.7 Å². The molecule has 14 heteroatoms. The number of likely N-dealkylation sites (tertiary alicyclic amines) is 2. The van der Waals surface area contributed by atoms with E-state index in [-0.39, 0.29) is 41.8 Å². The van der Waals surface area contributed by atoms with Crippen LogP contribution in [-0.4, -0.2) is 121 Å². The summed E-state index contributed by atoms with van der Waals surface area (Å²) in [5.74, 6) is 2.14. The van der Waals surface area contributed by atoms with E-state index in [1.165, 1.54) is 7.05 Å². The number of carbonyl (C=O) groups is 3. The van der Waals surface area contributed by atoms with Crippen molar-refractivity contribution in [2.75, 3.05) is 40.3 Å². The van der Waals surface area contributed by atoms with E-state index in [4.69, 9.17) is 4.98 Å². The highest BCUT2D eigenvalue weighted by molar-refractivity contribution is 5.90. The van der Waals surface area contributed by atoms with Crippen LogP contribution in [0.25, 0.3) is 33.6 Å². The molecule has 3 aliphatic rings. The van der Waals surface area contributed by atoms with Gasteiger partial charge >= 0.3 is 6.09 Å². The predicted molar refractivity (Wildman–Crippen MR) is 216 cm³/mol. The van der Waals surface area contributed by atoms with Gasteiger partial charge < -0.3 is 35.1 Å². The highest BCUT2D eigenvalue weighted by atomic mass is 16.4. The summed E-state index contributed by atoms with van der Waals surface area (Å²) in [6.07, 6.45) is 5.93. The maximum Gasteiger partial charge on any atom is 0.407 e. The lowest BCUT2D eigenvalue weighted by atomic mass is 10.0. The smallest absolute Gasteiger partial charge is 0.407 e.